The van der Waals surface area contributed by atoms with E-state index in [0.717, 1.165) is 48.9 Å². The lowest BCUT2D eigenvalue weighted by molar-refractivity contribution is 0.403. The summed E-state index contributed by atoms with van der Waals surface area (Å²) in [5.74, 6) is 0. The normalized spacial score (nSPS) is 21.2. The average Bonchev–Trinajstić information content (AvgIpc) is 3.31. The van der Waals surface area contributed by atoms with E-state index in [9.17, 15) is 0 Å². The summed E-state index contributed by atoms with van der Waals surface area (Å²) in [6.07, 6.45) is 8.19. The maximum Gasteiger partial charge on any atom is 0.338 e. The first-order valence-electron chi connectivity index (χ1n) is 9.65. The number of hydrogen-bond acceptors (Lipinski definition) is 5. The highest BCUT2D eigenvalue weighted by atomic mass is 32.1. The topological polar surface area (TPSA) is 50.2 Å². The molecule has 3 heterocycles. The Bertz CT molecular complexity index is 1040. The zero-order valence-corrected chi connectivity index (χ0v) is 16.4. The van der Waals surface area contributed by atoms with Gasteiger partial charge in [0.15, 0.2) is 5.69 Å². The summed E-state index contributed by atoms with van der Waals surface area (Å²) < 4.78 is 4.62. The number of hydrogen-bond donors (Lipinski definition) is 1. The highest BCUT2D eigenvalue weighted by Crippen LogP contribution is 2.43. The van der Waals surface area contributed by atoms with Crippen molar-refractivity contribution in [1.82, 2.24) is 19.3 Å². The Labute approximate surface area is 168 Å². The van der Waals surface area contributed by atoms with E-state index >= 15 is 0 Å². The van der Waals surface area contributed by atoms with E-state index in [1.54, 1.807) is 6.33 Å². The molecule has 0 fully saturated rings. The monoisotopic (exact) mass is 388 g/mol. The maximum atomic E-state index is 4.97. The van der Waals surface area contributed by atoms with Crippen LogP contribution in [-0.4, -0.2) is 28.7 Å². The molecule has 2 aromatic carbocycles. The van der Waals surface area contributed by atoms with Gasteiger partial charge in [0.2, 0.25) is 0 Å². The van der Waals surface area contributed by atoms with E-state index in [4.69, 9.17) is 5.10 Å². The van der Waals surface area contributed by atoms with Gasteiger partial charge in [-0.15, -0.1) is 4.59 Å². The molecule has 1 N–H and O–H groups in total. The highest BCUT2D eigenvalue weighted by Gasteiger charge is 2.43. The van der Waals surface area contributed by atoms with Gasteiger partial charge in [-0.2, -0.15) is 9.36 Å². The number of benzene rings is 2. The number of quaternary nitrogens is 1. The fourth-order valence-corrected chi connectivity index (χ4v) is 4.73. The van der Waals surface area contributed by atoms with E-state index in [0.29, 0.717) is 4.59 Å². The van der Waals surface area contributed by atoms with Crippen LogP contribution in [0.25, 0.3) is 5.57 Å². The number of allylic oxidation sites excluding steroid dienone is 1. The Balaban J connectivity index is 1.61. The molecule has 1 unspecified atom stereocenters. The summed E-state index contributed by atoms with van der Waals surface area (Å²) in [7, 11) is 0. The fraction of sp³-hybridized carbons (Fsp3) is 0.227. The van der Waals surface area contributed by atoms with Crippen LogP contribution in [0.3, 0.4) is 0 Å². The standard InChI is InChI=1S/C22H22N5S/c1-3-9-20(17-8-5-12-23-13-11-17)19(7-1)15-27(22-24-16-26-28-22)21-10-4-2-6-18(21)14-25-27/h1-4,6-7,9-11,14,16,23H,5,8,12-13,15H2/q+1. The molecule has 0 aliphatic carbocycles. The number of nitrogens with zero attached hydrogens (tertiary/aromatic N) is 4. The zero-order valence-electron chi connectivity index (χ0n) is 15.6. The van der Waals surface area contributed by atoms with E-state index in [-0.39, 0.29) is 0 Å². The second-order valence-electron chi connectivity index (χ2n) is 7.15. The first-order chi connectivity index (χ1) is 13.9. The third kappa shape index (κ3) is 2.99. The molecule has 28 heavy (non-hydrogen) atoms. The molecule has 2 aliphatic heterocycles. The lowest BCUT2D eigenvalue weighted by Gasteiger charge is -2.26. The van der Waals surface area contributed by atoms with Crippen molar-refractivity contribution >= 4 is 34.1 Å². The molecule has 0 spiro atoms. The van der Waals surface area contributed by atoms with Gasteiger partial charge in [0.1, 0.15) is 12.9 Å². The Kier molecular flexibility index (Phi) is 4.60. The van der Waals surface area contributed by atoms with Crippen LogP contribution in [-0.2, 0) is 6.54 Å². The summed E-state index contributed by atoms with van der Waals surface area (Å²) in [5, 5.41) is 9.32. The first-order valence-corrected chi connectivity index (χ1v) is 10.4. The minimum absolute atomic E-state index is 0.351. The molecule has 0 amide bonds. The van der Waals surface area contributed by atoms with Crippen molar-refractivity contribution in [2.75, 3.05) is 13.1 Å². The molecular formula is C22H22N5S+. The van der Waals surface area contributed by atoms with Crippen molar-refractivity contribution in [3.63, 3.8) is 0 Å². The van der Waals surface area contributed by atoms with Crippen molar-refractivity contribution in [1.29, 1.82) is 0 Å². The van der Waals surface area contributed by atoms with E-state index < -0.39 is 0 Å². The van der Waals surface area contributed by atoms with Gasteiger partial charge in [0, 0.05) is 29.7 Å². The first kappa shape index (κ1) is 17.4. The number of rotatable bonds is 4. The largest absolute Gasteiger partial charge is 0.338 e. The van der Waals surface area contributed by atoms with Crippen LogP contribution in [0.4, 0.5) is 10.8 Å². The SMILES string of the molecule is C1=N[N+](Cc2ccccc2C2=CCNCCC2)(c2ncns2)c2ccccc21. The van der Waals surface area contributed by atoms with Crippen LogP contribution < -0.4 is 9.91 Å². The molecule has 3 aromatic rings. The van der Waals surface area contributed by atoms with Crippen LogP contribution in [0, 0.1) is 0 Å². The third-order valence-electron chi connectivity index (χ3n) is 5.45. The quantitative estimate of drug-likeness (QED) is 0.670. The summed E-state index contributed by atoms with van der Waals surface area (Å²) in [5.41, 5.74) is 6.35. The zero-order chi connectivity index (χ0) is 18.8. The van der Waals surface area contributed by atoms with Crippen molar-refractivity contribution < 1.29 is 0 Å². The predicted octanol–water partition coefficient (Wildman–Crippen LogP) is 4.49. The van der Waals surface area contributed by atoms with Crippen LogP contribution in [0.1, 0.15) is 29.5 Å². The molecule has 140 valence electrons. The Hall–Kier alpha value is -2.67. The Morgan fingerprint density at radius 2 is 1.96 bits per heavy atom. The van der Waals surface area contributed by atoms with Gasteiger partial charge in [-0.25, -0.2) is 0 Å². The van der Waals surface area contributed by atoms with Crippen LogP contribution in [0.15, 0.2) is 66.0 Å². The molecule has 1 atom stereocenters. The average molecular weight is 389 g/mol. The van der Waals surface area contributed by atoms with Gasteiger partial charge < -0.3 is 5.32 Å². The molecule has 0 saturated carbocycles. The molecule has 5 nitrogen and oxygen atoms in total. The molecule has 0 bridgehead atoms. The van der Waals surface area contributed by atoms with Crippen molar-refractivity contribution in [2.24, 2.45) is 5.10 Å². The van der Waals surface area contributed by atoms with Crippen molar-refractivity contribution in [3.05, 3.63) is 77.6 Å². The second kappa shape index (κ2) is 7.39. The van der Waals surface area contributed by atoms with Gasteiger partial charge in [-0.1, -0.05) is 47.6 Å². The lowest BCUT2D eigenvalue weighted by Crippen LogP contribution is -2.36. The van der Waals surface area contributed by atoms with E-state index in [2.05, 4.69) is 69.3 Å². The molecule has 1 aromatic heterocycles. The van der Waals surface area contributed by atoms with Crippen LogP contribution >= 0.6 is 11.5 Å². The van der Waals surface area contributed by atoms with E-state index in [1.807, 2.05) is 6.21 Å². The van der Waals surface area contributed by atoms with Gasteiger partial charge in [0.25, 0.3) is 0 Å². The lowest BCUT2D eigenvalue weighted by atomic mass is 9.95. The van der Waals surface area contributed by atoms with Gasteiger partial charge in [0.05, 0.1) is 11.8 Å². The summed E-state index contributed by atoms with van der Waals surface area (Å²) in [6, 6.07) is 17.1. The summed E-state index contributed by atoms with van der Waals surface area (Å²) >= 11 is 1.42. The Morgan fingerprint density at radius 1 is 1.07 bits per heavy atom. The molecule has 0 saturated heterocycles. The molecule has 2 aliphatic rings. The minimum Gasteiger partial charge on any atom is -0.313 e. The Morgan fingerprint density at radius 3 is 2.89 bits per heavy atom. The fourth-order valence-electron chi connectivity index (χ4n) is 4.10. The minimum atomic E-state index is 0.351. The van der Waals surface area contributed by atoms with Gasteiger partial charge in [-0.05, 0) is 36.6 Å². The molecule has 5 rings (SSSR count). The van der Waals surface area contributed by atoms with Gasteiger partial charge >= 0.3 is 5.13 Å². The number of para-hydroxylation sites is 1. The van der Waals surface area contributed by atoms with Crippen LogP contribution in [0.5, 0.6) is 0 Å². The van der Waals surface area contributed by atoms with Crippen LogP contribution in [0.2, 0.25) is 0 Å². The molecular weight excluding hydrogens is 366 g/mol. The summed E-state index contributed by atoms with van der Waals surface area (Å²) in [4.78, 5) is 4.56. The molecule has 6 heteroatoms. The van der Waals surface area contributed by atoms with Gasteiger partial charge in [-0.3, -0.25) is 0 Å². The number of aromatic nitrogens is 2. The maximum absolute atomic E-state index is 4.97. The third-order valence-corrected chi connectivity index (χ3v) is 6.22. The number of fused-ring (bicyclic) bond motifs is 1. The van der Waals surface area contributed by atoms with E-state index in [1.165, 1.54) is 28.2 Å². The number of nitrogens with one attached hydrogen (secondary N) is 1. The molecule has 0 radical (unpaired) electrons. The predicted molar refractivity (Wildman–Crippen MR) is 116 cm³/mol. The highest BCUT2D eigenvalue weighted by molar-refractivity contribution is 7.09. The smallest absolute Gasteiger partial charge is 0.313 e. The van der Waals surface area contributed by atoms with Crippen molar-refractivity contribution in [3.8, 4) is 0 Å². The van der Waals surface area contributed by atoms with Crippen molar-refractivity contribution in [2.45, 2.75) is 19.4 Å². The second-order valence-corrected chi connectivity index (χ2v) is 7.91. The summed E-state index contributed by atoms with van der Waals surface area (Å²) in [6.45, 7) is 2.73.